The molecule has 3 unspecified atom stereocenters. The zero-order valence-corrected chi connectivity index (χ0v) is 29.2. The molecule has 4 aliphatic carbocycles. The smallest absolute Gasteiger partial charge is 0.0909 e. The van der Waals surface area contributed by atoms with E-state index in [1.54, 1.807) is 5.57 Å². The van der Waals surface area contributed by atoms with Crippen LogP contribution in [-0.2, 0) is 6.42 Å². The summed E-state index contributed by atoms with van der Waals surface area (Å²) in [6.07, 6.45) is 23.3. The minimum Gasteiger partial charge on any atom is -0.371 e. The van der Waals surface area contributed by atoms with Crippen molar-refractivity contribution in [2.45, 2.75) is 50.6 Å². The molecule has 3 heterocycles. The van der Waals surface area contributed by atoms with E-state index in [1.807, 2.05) is 0 Å². The lowest BCUT2D eigenvalue weighted by atomic mass is 9.81. The van der Waals surface area contributed by atoms with Gasteiger partial charge in [-0.1, -0.05) is 109 Å². The Morgan fingerprint density at radius 3 is 2.42 bits per heavy atom. The largest absolute Gasteiger partial charge is 0.371 e. The summed E-state index contributed by atoms with van der Waals surface area (Å²) in [5.74, 6) is 0.317. The van der Waals surface area contributed by atoms with Crippen molar-refractivity contribution in [3.63, 3.8) is 0 Å². The van der Waals surface area contributed by atoms with Gasteiger partial charge in [0, 0.05) is 33.6 Å². The van der Waals surface area contributed by atoms with E-state index >= 15 is 0 Å². The number of fused-ring (bicyclic) bond motifs is 8. The Morgan fingerprint density at radius 1 is 0.692 bits per heavy atom. The summed E-state index contributed by atoms with van der Waals surface area (Å²) in [5.41, 5.74) is 15.9. The second-order valence-electron chi connectivity index (χ2n) is 14.9. The zero-order valence-electron chi connectivity index (χ0n) is 29.2. The molecular weight excluding hydrogens is 633 g/mol. The van der Waals surface area contributed by atoms with Crippen molar-refractivity contribution in [1.82, 2.24) is 9.47 Å². The van der Waals surface area contributed by atoms with Gasteiger partial charge in [-0.25, -0.2) is 4.99 Å². The van der Waals surface area contributed by atoms with E-state index in [2.05, 4.69) is 160 Å². The highest BCUT2D eigenvalue weighted by Gasteiger charge is 2.43. The van der Waals surface area contributed by atoms with Crippen molar-refractivity contribution in [1.29, 1.82) is 0 Å². The van der Waals surface area contributed by atoms with Crippen molar-refractivity contribution in [3.8, 4) is 0 Å². The molecule has 3 atom stereocenters. The van der Waals surface area contributed by atoms with Gasteiger partial charge in [0.05, 0.1) is 40.0 Å². The lowest BCUT2D eigenvalue weighted by Gasteiger charge is -2.34. The molecule has 4 heteroatoms. The first-order valence-electron chi connectivity index (χ1n) is 19.0. The molecule has 0 bridgehead atoms. The summed E-state index contributed by atoms with van der Waals surface area (Å²) in [7, 11) is 0. The second kappa shape index (κ2) is 11.8. The molecule has 1 N–H and O–H groups in total. The first kappa shape index (κ1) is 29.8. The number of aliphatic imine (C=N–C) groups is 1. The van der Waals surface area contributed by atoms with Gasteiger partial charge in [-0.3, -0.25) is 0 Å². The molecule has 0 spiro atoms. The zero-order chi connectivity index (χ0) is 34.2. The van der Waals surface area contributed by atoms with Crippen LogP contribution in [0.25, 0.3) is 34.3 Å². The quantitative estimate of drug-likeness (QED) is 0.207. The van der Waals surface area contributed by atoms with Gasteiger partial charge < -0.3 is 14.8 Å². The van der Waals surface area contributed by atoms with Crippen LogP contribution >= 0.6 is 0 Å². The van der Waals surface area contributed by atoms with Crippen LogP contribution in [0.4, 0.5) is 11.4 Å². The molecule has 2 aliphatic heterocycles. The predicted octanol–water partition coefficient (Wildman–Crippen LogP) is 9.28. The molecule has 52 heavy (non-hydrogen) atoms. The number of benzene rings is 4. The minimum absolute atomic E-state index is 0.0243. The molecule has 1 aromatic heterocycles. The Balaban J connectivity index is 1.05. The third-order valence-electron chi connectivity index (χ3n) is 12.1. The average Bonchev–Trinajstić information content (AvgIpc) is 3.72. The van der Waals surface area contributed by atoms with Gasteiger partial charge >= 0.3 is 0 Å². The van der Waals surface area contributed by atoms with Crippen molar-refractivity contribution in [2.75, 3.05) is 5.32 Å². The standard InChI is InChI=1S/C48H40N4/c1-3-14-32(15-4-1)47-48(50-41-21-11-10-20-40(41)49-47)33-23-26-35(27-24-33)51-42-22-12-9-19-37(42)38-29-39-45(30-44(38)51)52(34-16-5-2-6-17-34)43-28-25-31-13-7-8-18-36(31)46(39)43/h1-5,7-16,18-23,26,29-30,39,45,48,50H,6,17,24-25,27-28H2. The monoisotopic (exact) mass is 672 g/mol. The minimum atomic E-state index is 0.0243. The van der Waals surface area contributed by atoms with Crippen molar-refractivity contribution in [2.24, 2.45) is 10.9 Å². The van der Waals surface area contributed by atoms with E-state index in [0.717, 1.165) is 55.6 Å². The van der Waals surface area contributed by atoms with Crippen LogP contribution in [0, 0.1) is 5.92 Å². The lowest BCUT2D eigenvalue weighted by Crippen LogP contribution is -2.42. The summed E-state index contributed by atoms with van der Waals surface area (Å²) in [5, 5.41) is 7.93. The van der Waals surface area contributed by atoms with E-state index in [-0.39, 0.29) is 12.1 Å². The van der Waals surface area contributed by atoms with E-state index in [0.29, 0.717) is 5.92 Å². The number of aromatic nitrogens is 1. The Bertz CT molecular complexity index is 2630. The van der Waals surface area contributed by atoms with E-state index in [9.17, 15) is 0 Å². The van der Waals surface area contributed by atoms with Crippen LogP contribution in [0.3, 0.4) is 0 Å². The molecule has 0 saturated heterocycles. The molecule has 252 valence electrons. The Hall–Kier alpha value is -5.87. The fraction of sp³-hybridized carbons (Fsp3) is 0.188. The van der Waals surface area contributed by atoms with Gasteiger partial charge in [-0.15, -0.1) is 0 Å². The first-order chi connectivity index (χ1) is 25.8. The van der Waals surface area contributed by atoms with Crippen molar-refractivity contribution < 1.29 is 0 Å². The van der Waals surface area contributed by atoms with Crippen molar-refractivity contribution in [3.05, 3.63) is 178 Å². The van der Waals surface area contributed by atoms with Crippen LogP contribution in [0.1, 0.15) is 48.8 Å². The number of aryl methyl sites for hydroxylation is 1. The molecular formula is C48H40N4. The van der Waals surface area contributed by atoms with E-state index < -0.39 is 0 Å². The number of allylic oxidation sites excluding steroid dienone is 8. The highest BCUT2D eigenvalue weighted by molar-refractivity contribution is 6.11. The number of rotatable bonds is 4. The predicted molar refractivity (Wildman–Crippen MR) is 215 cm³/mol. The van der Waals surface area contributed by atoms with Crippen LogP contribution in [0.2, 0.25) is 0 Å². The Labute approximate surface area is 304 Å². The summed E-state index contributed by atoms with van der Waals surface area (Å²) in [6.45, 7) is 0. The molecule has 11 rings (SSSR count). The molecule has 0 fully saturated rings. The van der Waals surface area contributed by atoms with Gasteiger partial charge in [0.2, 0.25) is 0 Å². The second-order valence-corrected chi connectivity index (χ2v) is 14.9. The molecule has 0 amide bonds. The number of hydrogen-bond acceptors (Lipinski definition) is 3. The lowest BCUT2D eigenvalue weighted by molar-refractivity contribution is 0.362. The fourth-order valence-corrected chi connectivity index (χ4v) is 9.76. The number of para-hydroxylation sites is 3. The summed E-state index contributed by atoms with van der Waals surface area (Å²) < 4.78 is 2.58. The van der Waals surface area contributed by atoms with Gasteiger partial charge in [0.25, 0.3) is 0 Å². The molecule has 4 aromatic carbocycles. The summed E-state index contributed by atoms with van der Waals surface area (Å²) in [6, 6.07) is 37.6. The fourth-order valence-electron chi connectivity index (χ4n) is 9.76. The maximum Gasteiger partial charge on any atom is 0.0909 e. The van der Waals surface area contributed by atoms with E-state index in [4.69, 9.17) is 4.99 Å². The molecule has 5 aromatic rings. The van der Waals surface area contributed by atoms with Gasteiger partial charge in [0.15, 0.2) is 0 Å². The number of hydrogen-bond donors (Lipinski definition) is 1. The highest BCUT2D eigenvalue weighted by Crippen LogP contribution is 2.50. The molecule has 0 radical (unpaired) electrons. The summed E-state index contributed by atoms with van der Waals surface area (Å²) in [4.78, 5) is 7.96. The van der Waals surface area contributed by atoms with Gasteiger partial charge in [0.1, 0.15) is 0 Å². The van der Waals surface area contributed by atoms with Crippen LogP contribution in [0.5, 0.6) is 0 Å². The first-order valence-corrected chi connectivity index (χ1v) is 19.0. The Morgan fingerprint density at radius 2 is 1.54 bits per heavy atom. The number of anilines is 1. The molecule has 4 nitrogen and oxygen atoms in total. The third kappa shape index (κ3) is 4.56. The van der Waals surface area contributed by atoms with Crippen LogP contribution in [0.15, 0.2) is 155 Å². The molecule has 0 saturated carbocycles. The SMILES string of the molecule is C1=CCCC(N2C3=C(c4ccccc4CC3)C3C=c4c(n(C5=CC=C(C6Nc7ccccc7N=C6c6ccccc6)CC5)c5ccccc45)=CC32)=C1. The maximum atomic E-state index is 5.22. The van der Waals surface area contributed by atoms with Crippen LogP contribution in [-0.4, -0.2) is 27.3 Å². The normalized spacial score (nSPS) is 22.7. The maximum absolute atomic E-state index is 5.22. The average molecular weight is 673 g/mol. The summed E-state index contributed by atoms with van der Waals surface area (Å²) >= 11 is 0. The third-order valence-corrected chi connectivity index (χ3v) is 12.1. The molecule has 6 aliphatic rings. The number of nitrogens with zero attached hydrogens (tertiary/aromatic N) is 3. The highest BCUT2D eigenvalue weighted by atomic mass is 15.2. The van der Waals surface area contributed by atoms with Crippen molar-refractivity contribution >= 4 is 51.4 Å². The van der Waals surface area contributed by atoms with Crippen LogP contribution < -0.4 is 15.9 Å². The number of nitrogens with one attached hydrogen (secondary N) is 1. The van der Waals surface area contributed by atoms with Gasteiger partial charge in [-0.05, 0) is 103 Å². The Kier molecular flexibility index (Phi) is 6.79. The van der Waals surface area contributed by atoms with E-state index in [1.165, 1.54) is 60.8 Å². The van der Waals surface area contributed by atoms with Gasteiger partial charge in [-0.2, -0.15) is 0 Å². The topological polar surface area (TPSA) is 32.6 Å².